The Balaban J connectivity index is 1.87. The quantitative estimate of drug-likeness (QED) is 0.270. The topological polar surface area (TPSA) is 21.6 Å². The van der Waals surface area contributed by atoms with Gasteiger partial charge in [-0.3, -0.25) is 0 Å². The van der Waals surface area contributed by atoms with Gasteiger partial charge in [0.2, 0.25) is 0 Å². The maximum absolute atomic E-state index is 14.9. The fraction of sp³-hybridized carbons (Fsp3) is 0.194. The van der Waals surface area contributed by atoms with Crippen molar-refractivity contribution in [1.82, 2.24) is 0 Å². The van der Waals surface area contributed by atoms with Crippen LogP contribution in [0.15, 0.2) is 102 Å². The lowest BCUT2D eigenvalue weighted by molar-refractivity contribution is 0.411. The van der Waals surface area contributed by atoms with E-state index < -0.39 is 0 Å². The first-order valence-electron chi connectivity index (χ1n) is 11.5. The first kappa shape index (κ1) is 23.4. The van der Waals surface area contributed by atoms with Gasteiger partial charge in [0.25, 0.3) is 0 Å². The van der Waals surface area contributed by atoms with Crippen LogP contribution < -0.4 is 4.74 Å². The number of nitrogens with zero attached hydrogens (tertiary/aromatic N) is 1. The molecule has 0 aliphatic rings. The minimum Gasteiger partial charge on any atom is -0.497 e. The molecule has 0 saturated carbocycles. The van der Waals surface area contributed by atoms with E-state index in [1.807, 2.05) is 48.5 Å². The summed E-state index contributed by atoms with van der Waals surface area (Å²) in [6.07, 6.45) is 0.786. The zero-order valence-corrected chi connectivity index (χ0v) is 20.2. The number of hydrogen-bond donors (Lipinski definition) is 0. The molecule has 4 aromatic carbocycles. The van der Waals surface area contributed by atoms with E-state index in [1.165, 1.54) is 6.07 Å². The van der Waals surface area contributed by atoms with Gasteiger partial charge in [0.1, 0.15) is 11.6 Å². The molecular formula is C31H30FNO. The van der Waals surface area contributed by atoms with Crippen LogP contribution in [-0.4, -0.2) is 12.8 Å². The van der Waals surface area contributed by atoms with E-state index in [1.54, 1.807) is 19.2 Å². The summed E-state index contributed by atoms with van der Waals surface area (Å²) >= 11 is 0. The second-order valence-corrected chi connectivity index (χ2v) is 9.62. The predicted molar refractivity (Wildman–Crippen MR) is 140 cm³/mol. The third kappa shape index (κ3) is 5.60. The Bertz CT molecular complexity index is 1250. The maximum Gasteiger partial charge on any atom is 0.131 e. The molecule has 0 radical (unpaired) electrons. The number of halogens is 1. The van der Waals surface area contributed by atoms with Gasteiger partial charge in [-0.1, -0.05) is 87.5 Å². The molecule has 3 heteroatoms. The number of benzene rings is 4. The average Bonchev–Trinajstić information content (AvgIpc) is 2.83. The first-order valence-corrected chi connectivity index (χ1v) is 11.5. The molecule has 0 unspecified atom stereocenters. The summed E-state index contributed by atoms with van der Waals surface area (Å²) in [6, 6.07) is 31.3. The second kappa shape index (κ2) is 10.0. The van der Waals surface area contributed by atoms with Gasteiger partial charge >= 0.3 is 0 Å². The van der Waals surface area contributed by atoms with Crippen molar-refractivity contribution in [3.05, 3.63) is 120 Å². The Hall–Kier alpha value is -3.72. The molecule has 0 aromatic heterocycles. The molecule has 0 saturated heterocycles. The molecule has 0 spiro atoms. The van der Waals surface area contributed by atoms with Gasteiger partial charge in [-0.2, -0.15) is 0 Å². The molecular weight excluding hydrogens is 421 g/mol. The lowest BCUT2D eigenvalue weighted by Crippen LogP contribution is -2.10. The maximum atomic E-state index is 14.9. The lowest BCUT2D eigenvalue weighted by Gasteiger charge is -2.21. The molecule has 0 aliphatic carbocycles. The van der Waals surface area contributed by atoms with Crippen molar-refractivity contribution in [2.75, 3.05) is 7.11 Å². The molecule has 0 atom stereocenters. The number of aliphatic imine (C=N–C) groups is 1. The first-order chi connectivity index (χ1) is 16.3. The summed E-state index contributed by atoms with van der Waals surface area (Å²) < 4.78 is 20.2. The second-order valence-electron chi connectivity index (χ2n) is 9.62. The Morgan fingerprint density at radius 3 is 1.94 bits per heavy atom. The zero-order valence-electron chi connectivity index (χ0n) is 20.2. The fourth-order valence-electron chi connectivity index (χ4n) is 4.08. The Kier molecular flexibility index (Phi) is 6.93. The van der Waals surface area contributed by atoms with E-state index in [0.29, 0.717) is 11.3 Å². The summed E-state index contributed by atoms with van der Waals surface area (Å²) in [6.45, 7) is 6.57. The van der Waals surface area contributed by atoms with Gasteiger partial charge in [-0.15, -0.1) is 0 Å². The van der Waals surface area contributed by atoms with Crippen molar-refractivity contribution in [1.29, 1.82) is 0 Å². The number of ether oxygens (including phenoxy) is 1. The molecule has 172 valence electrons. The molecule has 4 rings (SSSR count). The molecule has 0 amide bonds. The summed E-state index contributed by atoms with van der Waals surface area (Å²) in [4.78, 5) is 5.08. The normalized spacial score (nSPS) is 11.2. The number of methoxy groups -OCH3 is 1. The van der Waals surface area contributed by atoms with Crippen molar-refractivity contribution in [2.45, 2.75) is 27.2 Å². The summed E-state index contributed by atoms with van der Waals surface area (Å²) in [5.41, 5.74) is 6.34. The van der Waals surface area contributed by atoms with E-state index in [-0.39, 0.29) is 11.2 Å². The van der Waals surface area contributed by atoms with Crippen LogP contribution in [0.5, 0.6) is 5.75 Å². The molecule has 34 heavy (non-hydrogen) atoms. The predicted octanol–water partition coefficient (Wildman–Crippen LogP) is 8.26. The molecule has 0 heterocycles. The van der Waals surface area contributed by atoms with E-state index in [9.17, 15) is 4.39 Å². The van der Waals surface area contributed by atoms with Gasteiger partial charge in [-0.05, 0) is 53.3 Å². The summed E-state index contributed by atoms with van der Waals surface area (Å²) in [5, 5.41) is 0. The molecule has 0 aliphatic heterocycles. The van der Waals surface area contributed by atoms with Crippen molar-refractivity contribution >= 4 is 11.4 Å². The van der Waals surface area contributed by atoms with Crippen LogP contribution in [-0.2, 0) is 6.42 Å². The molecule has 4 aromatic rings. The van der Waals surface area contributed by atoms with Crippen molar-refractivity contribution in [3.63, 3.8) is 0 Å². The molecule has 2 nitrogen and oxygen atoms in total. The fourth-order valence-corrected chi connectivity index (χ4v) is 4.08. The van der Waals surface area contributed by atoms with Crippen LogP contribution in [0.4, 0.5) is 10.1 Å². The van der Waals surface area contributed by atoms with E-state index in [2.05, 4.69) is 51.1 Å². The van der Waals surface area contributed by atoms with Crippen LogP contribution >= 0.6 is 0 Å². The summed E-state index contributed by atoms with van der Waals surface area (Å²) in [7, 11) is 1.60. The SMILES string of the molecule is COc1ccc(F)c(-c2ccc(N=C(c3ccccc3)c3ccccc3)cc2CC(C)(C)C)c1. The van der Waals surface area contributed by atoms with Crippen LogP contribution in [0.1, 0.15) is 37.5 Å². The van der Waals surface area contributed by atoms with Crippen molar-refractivity contribution < 1.29 is 9.13 Å². The van der Waals surface area contributed by atoms with Crippen molar-refractivity contribution in [2.24, 2.45) is 10.4 Å². The van der Waals surface area contributed by atoms with E-state index >= 15 is 0 Å². The summed E-state index contributed by atoms with van der Waals surface area (Å²) in [5.74, 6) is 0.372. The van der Waals surface area contributed by atoms with Gasteiger partial charge in [0.15, 0.2) is 0 Å². The standard InChI is InChI=1S/C31H30FNO/c1-31(2,3)21-24-19-25(15-17-27(24)28-20-26(34-4)16-18-29(28)32)33-30(22-11-7-5-8-12-22)23-13-9-6-10-14-23/h5-20H,21H2,1-4H3. The third-order valence-corrected chi connectivity index (χ3v) is 5.61. The van der Waals surface area contributed by atoms with E-state index in [0.717, 1.165) is 40.1 Å². The lowest BCUT2D eigenvalue weighted by atomic mass is 9.84. The van der Waals surface area contributed by atoms with Gasteiger partial charge in [-0.25, -0.2) is 9.38 Å². The van der Waals surface area contributed by atoms with Crippen LogP contribution in [0, 0.1) is 11.2 Å². The van der Waals surface area contributed by atoms with E-state index in [4.69, 9.17) is 9.73 Å². The van der Waals surface area contributed by atoms with Gasteiger partial charge in [0.05, 0.1) is 18.5 Å². The Morgan fingerprint density at radius 1 is 0.765 bits per heavy atom. The Morgan fingerprint density at radius 2 is 1.38 bits per heavy atom. The highest BCUT2D eigenvalue weighted by Crippen LogP contribution is 2.35. The highest BCUT2D eigenvalue weighted by molar-refractivity contribution is 6.14. The highest BCUT2D eigenvalue weighted by atomic mass is 19.1. The van der Waals surface area contributed by atoms with Crippen LogP contribution in [0.3, 0.4) is 0 Å². The molecule has 0 bridgehead atoms. The molecule has 0 N–H and O–H groups in total. The van der Waals surface area contributed by atoms with Gasteiger partial charge in [0, 0.05) is 16.7 Å². The van der Waals surface area contributed by atoms with Crippen LogP contribution in [0.2, 0.25) is 0 Å². The highest BCUT2D eigenvalue weighted by Gasteiger charge is 2.18. The minimum absolute atomic E-state index is 0.0219. The monoisotopic (exact) mass is 451 g/mol. The third-order valence-electron chi connectivity index (χ3n) is 5.61. The zero-order chi connectivity index (χ0) is 24.1. The Labute approximate surface area is 201 Å². The number of rotatable bonds is 6. The average molecular weight is 452 g/mol. The van der Waals surface area contributed by atoms with Gasteiger partial charge < -0.3 is 4.74 Å². The smallest absolute Gasteiger partial charge is 0.131 e. The largest absolute Gasteiger partial charge is 0.497 e. The number of hydrogen-bond acceptors (Lipinski definition) is 2. The minimum atomic E-state index is -0.263. The van der Waals surface area contributed by atoms with Crippen molar-refractivity contribution in [3.8, 4) is 16.9 Å². The van der Waals surface area contributed by atoms with Crippen LogP contribution in [0.25, 0.3) is 11.1 Å². The molecule has 0 fully saturated rings.